The first kappa shape index (κ1) is 12.8. The van der Waals surface area contributed by atoms with Crippen molar-refractivity contribution in [3.8, 4) is 5.75 Å². The molecule has 1 aliphatic rings. The monoisotopic (exact) mass is 252 g/mol. The van der Waals surface area contributed by atoms with Gasteiger partial charge in [-0.05, 0) is 31.5 Å². The lowest BCUT2D eigenvalue weighted by atomic mass is 10.0. The first-order chi connectivity index (χ1) is 8.68. The van der Waals surface area contributed by atoms with Gasteiger partial charge in [0, 0.05) is 12.6 Å². The van der Waals surface area contributed by atoms with Crippen LogP contribution in [0.25, 0.3) is 0 Å². The summed E-state index contributed by atoms with van der Waals surface area (Å²) in [5, 5.41) is 15.4. The van der Waals surface area contributed by atoms with E-state index < -0.39 is 11.7 Å². The van der Waals surface area contributed by atoms with Crippen LogP contribution in [0.1, 0.15) is 29.6 Å². The molecule has 5 heteroatoms. The van der Waals surface area contributed by atoms with E-state index in [-0.39, 0.29) is 17.4 Å². The maximum Gasteiger partial charge on any atom is 0.258 e. The number of nitrogens with one attached hydrogen (secondary N) is 2. The smallest absolute Gasteiger partial charge is 0.258 e. The van der Waals surface area contributed by atoms with E-state index in [4.69, 9.17) is 0 Å². The van der Waals surface area contributed by atoms with Gasteiger partial charge in [0.15, 0.2) is 0 Å². The van der Waals surface area contributed by atoms with E-state index in [0.29, 0.717) is 6.54 Å². The van der Waals surface area contributed by atoms with E-state index in [0.717, 1.165) is 31.9 Å². The van der Waals surface area contributed by atoms with Crippen molar-refractivity contribution in [2.75, 3.05) is 13.1 Å². The Morgan fingerprint density at radius 1 is 1.50 bits per heavy atom. The highest BCUT2D eigenvalue weighted by Crippen LogP contribution is 2.19. The summed E-state index contributed by atoms with van der Waals surface area (Å²) in [6, 6.07) is 4.06. The van der Waals surface area contributed by atoms with Gasteiger partial charge in [-0.15, -0.1) is 0 Å². The lowest BCUT2D eigenvalue weighted by Gasteiger charge is -2.23. The van der Waals surface area contributed by atoms with Crippen molar-refractivity contribution in [3.05, 3.63) is 29.6 Å². The van der Waals surface area contributed by atoms with Gasteiger partial charge in [-0.2, -0.15) is 0 Å². The number of rotatable bonds is 3. The van der Waals surface area contributed by atoms with Crippen molar-refractivity contribution in [1.29, 1.82) is 0 Å². The summed E-state index contributed by atoms with van der Waals surface area (Å²) in [5.41, 5.74) is -0.284. The van der Waals surface area contributed by atoms with Crippen molar-refractivity contribution in [2.24, 2.45) is 0 Å². The molecular weight excluding hydrogens is 235 g/mol. The van der Waals surface area contributed by atoms with E-state index in [1.807, 2.05) is 0 Å². The third-order valence-corrected chi connectivity index (χ3v) is 3.14. The Labute approximate surface area is 105 Å². The minimum Gasteiger partial charge on any atom is -0.507 e. The summed E-state index contributed by atoms with van der Waals surface area (Å²) in [5.74, 6) is -1.61. The first-order valence-electron chi connectivity index (χ1n) is 6.17. The van der Waals surface area contributed by atoms with Gasteiger partial charge in [0.05, 0.1) is 0 Å². The molecule has 1 aliphatic heterocycles. The molecule has 0 aliphatic carbocycles. The number of hydrogen-bond acceptors (Lipinski definition) is 3. The standard InChI is InChI=1S/C13H17FN2O2/c14-10-5-3-6-11(17)12(10)13(18)16-8-9-4-1-2-7-15-9/h3,5-6,9,15,17H,1-2,4,7-8H2,(H,16,18). The molecule has 1 aromatic rings. The van der Waals surface area contributed by atoms with E-state index in [2.05, 4.69) is 10.6 Å². The summed E-state index contributed by atoms with van der Waals surface area (Å²) < 4.78 is 13.4. The first-order valence-corrected chi connectivity index (χ1v) is 6.17. The number of carbonyl (C=O) groups is 1. The number of phenolic OH excluding ortho intramolecular Hbond substituents is 1. The van der Waals surface area contributed by atoms with Crippen LogP contribution in [-0.4, -0.2) is 30.1 Å². The Morgan fingerprint density at radius 3 is 3.00 bits per heavy atom. The minimum atomic E-state index is -0.705. The lowest BCUT2D eigenvalue weighted by Crippen LogP contribution is -2.43. The van der Waals surface area contributed by atoms with E-state index in [1.165, 1.54) is 12.1 Å². The third-order valence-electron chi connectivity index (χ3n) is 3.14. The largest absolute Gasteiger partial charge is 0.507 e. The summed E-state index contributed by atoms with van der Waals surface area (Å²) in [6.45, 7) is 1.40. The van der Waals surface area contributed by atoms with Gasteiger partial charge < -0.3 is 15.7 Å². The van der Waals surface area contributed by atoms with Crippen LogP contribution in [-0.2, 0) is 0 Å². The Hall–Kier alpha value is -1.62. The lowest BCUT2D eigenvalue weighted by molar-refractivity contribution is 0.0941. The number of hydrogen-bond donors (Lipinski definition) is 3. The molecule has 1 saturated heterocycles. The van der Waals surface area contributed by atoms with E-state index in [9.17, 15) is 14.3 Å². The second-order valence-corrected chi connectivity index (χ2v) is 4.49. The molecule has 1 atom stereocenters. The molecule has 0 spiro atoms. The zero-order chi connectivity index (χ0) is 13.0. The quantitative estimate of drug-likeness (QED) is 0.762. The second-order valence-electron chi connectivity index (χ2n) is 4.49. The van der Waals surface area contributed by atoms with Crippen LogP contribution in [0.15, 0.2) is 18.2 Å². The minimum absolute atomic E-state index is 0.233. The molecular formula is C13H17FN2O2. The molecule has 1 amide bonds. The zero-order valence-corrected chi connectivity index (χ0v) is 10.1. The topological polar surface area (TPSA) is 61.4 Å². The zero-order valence-electron chi connectivity index (χ0n) is 10.1. The normalized spacial score (nSPS) is 19.5. The molecule has 3 N–H and O–H groups in total. The number of aromatic hydroxyl groups is 1. The van der Waals surface area contributed by atoms with Crippen LogP contribution in [0.5, 0.6) is 5.75 Å². The molecule has 1 aromatic carbocycles. The Kier molecular flexibility index (Phi) is 4.15. The highest BCUT2D eigenvalue weighted by atomic mass is 19.1. The summed E-state index contributed by atoms with van der Waals surface area (Å²) in [4.78, 5) is 11.8. The van der Waals surface area contributed by atoms with Crippen LogP contribution >= 0.6 is 0 Å². The van der Waals surface area contributed by atoms with Crippen LogP contribution in [0.3, 0.4) is 0 Å². The van der Waals surface area contributed by atoms with Crippen molar-refractivity contribution >= 4 is 5.91 Å². The fourth-order valence-electron chi connectivity index (χ4n) is 2.14. The van der Waals surface area contributed by atoms with Crippen molar-refractivity contribution in [3.63, 3.8) is 0 Å². The maximum atomic E-state index is 13.4. The average molecular weight is 252 g/mol. The molecule has 0 aromatic heterocycles. The number of piperidine rings is 1. The molecule has 0 radical (unpaired) electrons. The predicted octanol–water partition coefficient (Wildman–Crippen LogP) is 1.40. The van der Waals surface area contributed by atoms with Crippen molar-refractivity contribution < 1.29 is 14.3 Å². The summed E-state index contributed by atoms with van der Waals surface area (Å²) in [6.07, 6.45) is 3.29. The van der Waals surface area contributed by atoms with Gasteiger partial charge >= 0.3 is 0 Å². The highest BCUT2D eigenvalue weighted by molar-refractivity contribution is 5.97. The average Bonchev–Trinajstić information content (AvgIpc) is 2.37. The van der Waals surface area contributed by atoms with Gasteiger partial charge in [0.25, 0.3) is 5.91 Å². The van der Waals surface area contributed by atoms with Gasteiger partial charge in [-0.25, -0.2) is 4.39 Å². The highest BCUT2D eigenvalue weighted by Gasteiger charge is 2.18. The molecule has 98 valence electrons. The predicted molar refractivity (Wildman–Crippen MR) is 66.0 cm³/mol. The molecule has 1 fully saturated rings. The number of amides is 1. The molecule has 1 heterocycles. The number of phenols is 1. The van der Waals surface area contributed by atoms with Crippen LogP contribution in [0.2, 0.25) is 0 Å². The van der Waals surface area contributed by atoms with Gasteiger partial charge in [0.2, 0.25) is 0 Å². The Bertz CT molecular complexity index is 411. The second kappa shape index (κ2) is 5.82. The summed E-state index contributed by atoms with van der Waals surface area (Å²) >= 11 is 0. The number of benzene rings is 1. The molecule has 2 rings (SSSR count). The van der Waals surface area contributed by atoms with Crippen LogP contribution in [0.4, 0.5) is 4.39 Å². The Balaban J connectivity index is 1.95. The van der Waals surface area contributed by atoms with Crippen LogP contribution in [0, 0.1) is 5.82 Å². The molecule has 4 nitrogen and oxygen atoms in total. The molecule has 0 saturated carbocycles. The third kappa shape index (κ3) is 2.98. The fourth-order valence-corrected chi connectivity index (χ4v) is 2.14. The van der Waals surface area contributed by atoms with Gasteiger partial charge in [-0.1, -0.05) is 12.5 Å². The van der Waals surface area contributed by atoms with Crippen LogP contribution < -0.4 is 10.6 Å². The fraction of sp³-hybridized carbons (Fsp3) is 0.462. The van der Waals surface area contributed by atoms with E-state index >= 15 is 0 Å². The molecule has 1 unspecified atom stereocenters. The number of halogens is 1. The SMILES string of the molecule is O=C(NCC1CCCCN1)c1c(O)cccc1F. The molecule has 18 heavy (non-hydrogen) atoms. The maximum absolute atomic E-state index is 13.4. The molecule has 0 bridgehead atoms. The van der Waals surface area contributed by atoms with Gasteiger partial charge in [0.1, 0.15) is 17.1 Å². The summed E-state index contributed by atoms with van der Waals surface area (Å²) in [7, 11) is 0. The Morgan fingerprint density at radius 2 is 2.33 bits per heavy atom. The van der Waals surface area contributed by atoms with Crippen molar-refractivity contribution in [1.82, 2.24) is 10.6 Å². The van der Waals surface area contributed by atoms with Gasteiger partial charge in [-0.3, -0.25) is 4.79 Å². The number of carbonyl (C=O) groups excluding carboxylic acids is 1. The van der Waals surface area contributed by atoms with Crippen molar-refractivity contribution in [2.45, 2.75) is 25.3 Å². The van der Waals surface area contributed by atoms with E-state index in [1.54, 1.807) is 0 Å².